The van der Waals surface area contributed by atoms with Crippen molar-refractivity contribution < 1.29 is 37.6 Å². The first-order chi connectivity index (χ1) is 45.8. The molecule has 0 saturated carbocycles. The fourth-order valence-electron chi connectivity index (χ4n) is 9.61. The predicted molar refractivity (Wildman–Crippen MR) is 403 cm³/mol. The maximum Gasteiger partial charge on any atom is 0.472 e. The Labute approximate surface area is 570 Å². The van der Waals surface area contributed by atoms with Crippen molar-refractivity contribution in [1.29, 1.82) is 0 Å². The molecule has 3 N–H and O–H groups in total. The van der Waals surface area contributed by atoms with Crippen molar-refractivity contribution in [2.75, 3.05) is 26.4 Å². The second-order valence-electron chi connectivity index (χ2n) is 23.7. The number of carbonyl (C=O) groups excluding carboxylic acids is 2. The molecule has 0 fully saturated rings. The van der Waals surface area contributed by atoms with E-state index in [0.717, 1.165) is 154 Å². The van der Waals surface area contributed by atoms with Crippen molar-refractivity contribution in [2.45, 2.75) is 290 Å². The van der Waals surface area contributed by atoms with Crippen LogP contribution in [-0.4, -0.2) is 49.3 Å². The fourth-order valence-corrected chi connectivity index (χ4v) is 10.4. The Morgan fingerprint density at radius 1 is 0.323 bits per heavy atom. The summed E-state index contributed by atoms with van der Waals surface area (Å²) in [5.74, 6) is -0.848. The molecule has 0 heterocycles. The first-order valence-corrected chi connectivity index (χ1v) is 38.4. The van der Waals surface area contributed by atoms with Gasteiger partial charge < -0.3 is 20.1 Å². The third-order valence-electron chi connectivity index (χ3n) is 15.0. The normalized spacial score (nSPS) is 14.1. The second kappa shape index (κ2) is 75.9. The van der Waals surface area contributed by atoms with Crippen molar-refractivity contribution in [3.8, 4) is 0 Å². The molecule has 0 radical (unpaired) electrons. The maximum atomic E-state index is 12.8. The third-order valence-corrected chi connectivity index (χ3v) is 16.0. The quantitative estimate of drug-likeness (QED) is 0.0264. The minimum atomic E-state index is -4.41. The number of ether oxygens (including phenoxy) is 2. The smallest absolute Gasteiger partial charge is 0.462 e. The van der Waals surface area contributed by atoms with Gasteiger partial charge in [0, 0.05) is 19.4 Å². The van der Waals surface area contributed by atoms with Crippen molar-refractivity contribution in [1.82, 2.24) is 0 Å². The van der Waals surface area contributed by atoms with Crippen LogP contribution in [0.3, 0.4) is 0 Å². The Morgan fingerprint density at radius 2 is 0.559 bits per heavy atom. The molecule has 524 valence electrons. The highest BCUT2D eigenvalue weighted by molar-refractivity contribution is 7.47. The second-order valence-corrected chi connectivity index (χ2v) is 25.1. The summed E-state index contributed by atoms with van der Waals surface area (Å²) in [5, 5.41) is 0. The van der Waals surface area contributed by atoms with E-state index in [1.165, 1.54) is 96.3 Å². The molecule has 0 bridgehead atoms. The molecule has 0 aromatic carbocycles. The van der Waals surface area contributed by atoms with Gasteiger partial charge in [-0.2, -0.15) is 0 Å². The van der Waals surface area contributed by atoms with Crippen LogP contribution in [0.15, 0.2) is 194 Å². The SMILES string of the molecule is CC/C=C\C/C=C\C/C=C\C/C=C\C/C=C\C/C=C\C/C=C\C/C=C\C/C=C\CCCCCCCCCC(=O)OC(COC(=O)CCCCCCCCCCCCCCCCC/C=C\C/C=C\C/C=C\C/C=C\C/C=C\C/C=C\C/C=C\CC)COP(=O)(O)OCCN. The number of carbonyl (C=O) groups is 2. The summed E-state index contributed by atoms with van der Waals surface area (Å²) in [6.07, 6.45) is 115. The van der Waals surface area contributed by atoms with Crippen LogP contribution in [0.1, 0.15) is 284 Å². The zero-order valence-corrected chi connectivity index (χ0v) is 59.8. The topological polar surface area (TPSA) is 134 Å². The van der Waals surface area contributed by atoms with Gasteiger partial charge >= 0.3 is 19.8 Å². The lowest BCUT2D eigenvalue weighted by atomic mass is 10.0. The van der Waals surface area contributed by atoms with Crippen LogP contribution in [0.2, 0.25) is 0 Å². The van der Waals surface area contributed by atoms with Crippen LogP contribution in [0, 0.1) is 0 Å². The van der Waals surface area contributed by atoms with Gasteiger partial charge in [0.1, 0.15) is 6.61 Å². The molecule has 10 heteroatoms. The molecule has 0 aliphatic rings. The van der Waals surface area contributed by atoms with Gasteiger partial charge in [0.25, 0.3) is 0 Å². The van der Waals surface area contributed by atoms with E-state index in [1.807, 2.05) is 0 Å². The Hall–Kier alpha value is -5.15. The molecule has 9 nitrogen and oxygen atoms in total. The zero-order chi connectivity index (χ0) is 67.2. The molecular weight excluding hydrogens is 1170 g/mol. The molecule has 0 aromatic heterocycles. The summed E-state index contributed by atoms with van der Waals surface area (Å²) < 4.78 is 33.2. The summed E-state index contributed by atoms with van der Waals surface area (Å²) in [6.45, 7) is 3.50. The average Bonchev–Trinajstić information content (AvgIpc) is 3.70. The van der Waals surface area contributed by atoms with Gasteiger partial charge in [0.15, 0.2) is 6.10 Å². The molecule has 0 aliphatic heterocycles. The average molecular weight is 1300 g/mol. The van der Waals surface area contributed by atoms with Gasteiger partial charge in [0.05, 0.1) is 13.2 Å². The molecule has 0 spiro atoms. The molecule has 2 unspecified atom stereocenters. The molecule has 93 heavy (non-hydrogen) atoms. The molecule has 0 aliphatic carbocycles. The number of rotatable bonds is 67. The van der Waals surface area contributed by atoms with Crippen molar-refractivity contribution >= 4 is 19.8 Å². The van der Waals surface area contributed by atoms with E-state index in [4.69, 9.17) is 24.3 Å². The molecule has 0 aromatic rings. The van der Waals surface area contributed by atoms with Crippen molar-refractivity contribution in [3.05, 3.63) is 194 Å². The number of hydrogen-bond donors (Lipinski definition) is 2. The Balaban J connectivity index is 3.96. The number of phosphoric acid groups is 1. The van der Waals surface area contributed by atoms with Crippen LogP contribution in [-0.2, 0) is 32.7 Å². The lowest BCUT2D eigenvalue weighted by Crippen LogP contribution is -2.29. The Kier molecular flexibility index (Phi) is 71.7. The van der Waals surface area contributed by atoms with Crippen LogP contribution in [0.4, 0.5) is 0 Å². The summed E-state index contributed by atoms with van der Waals surface area (Å²) in [5.41, 5.74) is 5.41. The van der Waals surface area contributed by atoms with E-state index in [0.29, 0.717) is 6.42 Å². The first-order valence-electron chi connectivity index (χ1n) is 36.9. The van der Waals surface area contributed by atoms with Crippen LogP contribution in [0.25, 0.3) is 0 Å². The minimum Gasteiger partial charge on any atom is -0.462 e. The highest BCUT2D eigenvalue weighted by atomic mass is 31.2. The minimum absolute atomic E-state index is 0.0425. The first kappa shape index (κ1) is 87.9. The van der Waals surface area contributed by atoms with Gasteiger partial charge in [-0.3, -0.25) is 18.6 Å². The van der Waals surface area contributed by atoms with E-state index in [-0.39, 0.29) is 38.6 Å². The van der Waals surface area contributed by atoms with E-state index in [9.17, 15) is 19.0 Å². The molecular formula is C83H134NO8P. The van der Waals surface area contributed by atoms with E-state index in [2.05, 4.69) is 208 Å². The largest absolute Gasteiger partial charge is 0.472 e. The lowest BCUT2D eigenvalue weighted by molar-refractivity contribution is -0.161. The van der Waals surface area contributed by atoms with Crippen LogP contribution < -0.4 is 5.73 Å². The number of esters is 2. The van der Waals surface area contributed by atoms with Crippen LogP contribution in [0.5, 0.6) is 0 Å². The fraction of sp³-hybridized carbons (Fsp3) is 0.590. The molecule has 0 saturated heterocycles. The van der Waals surface area contributed by atoms with Gasteiger partial charge in [0.2, 0.25) is 0 Å². The van der Waals surface area contributed by atoms with E-state index < -0.39 is 26.5 Å². The highest BCUT2D eigenvalue weighted by Crippen LogP contribution is 2.43. The highest BCUT2D eigenvalue weighted by Gasteiger charge is 2.26. The summed E-state index contributed by atoms with van der Waals surface area (Å²) in [6, 6.07) is 0. The van der Waals surface area contributed by atoms with Gasteiger partial charge in [-0.05, 0) is 141 Å². The van der Waals surface area contributed by atoms with Gasteiger partial charge in [-0.1, -0.05) is 324 Å². The van der Waals surface area contributed by atoms with Gasteiger partial charge in [-0.15, -0.1) is 0 Å². The molecule has 0 amide bonds. The standard InChI is InChI=1S/C83H134NO8P/c1-3-5-7-9-11-13-15-17-19-21-23-25-27-29-31-33-35-37-39-40-42-43-45-47-49-51-53-55-57-59-61-63-65-67-69-71-73-75-82(85)89-79-81(80-91-93(87,88)90-78-77-84)92-83(86)76-74-72-70-68-66-64-62-60-58-56-54-52-50-48-46-44-41-38-36-34-32-30-28-26-24-22-20-18-16-14-12-10-8-6-4-2/h5-8,11-14,17-20,23-26,29-32,35-38,40,42,44,46,50,52,56,58,81H,3-4,9-10,15-16,21-22,27-28,33-34,39,41,43,45,47-49,51,53-55,57,59-80,84H2,1-2H3,(H,87,88)/b7-5-,8-6-,13-11-,14-12-,19-17-,20-18-,25-23-,26-24-,31-29-,32-30-,37-35-,38-36-,42-40-,46-44-,52-50-,58-56-. The molecule has 0 rings (SSSR count). The van der Waals surface area contributed by atoms with Crippen LogP contribution >= 0.6 is 7.82 Å². The lowest BCUT2D eigenvalue weighted by Gasteiger charge is -2.19. The molecule has 2 atom stereocenters. The summed E-state index contributed by atoms with van der Waals surface area (Å²) in [4.78, 5) is 35.4. The monoisotopic (exact) mass is 1300 g/mol. The van der Waals surface area contributed by atoms with Gasteiger partial charge in [-0.25, -0.2) is 4.57 Å². The Bertz CT molecular complexity index is 2230. The zero-order valence-electron chi connectivity index (χ0n) is 58.9. The number of phosphoric ester groups is 1. The number of unbranched alkanes of at least 4 members (excludes halogenated alkanes) is 22. The Morgan fingerprint density at radius 3 is 0.828 bits per heavy atom. The van der Waals surface area contributed by atoms with Crippen molar-refractivity contribution in [2.24, 2.45) is 5.73 Å². The summed E-state index contributed by atoms with van der Waals surface area (Å²) >= 11 is 0. The van der Waals surface area contributed by atoms with E-state index in [1.54, 1.807) is 0 Å². The van der Waals surface area contributed by atoms with Crippen molar-refractivity contribution in [3.63, 3.8) is 0 Å². The number of hydrogen-bond acceptors (Lipinski definition) is 8. The number of nitrogens with two attached hydrogens (primary N) is 1. The third kappa shape index (κ3) is 75.8. The predicted octanol–water partition coefficient (Wildman–Crippen LogP) is 24.9. The maximum absolute atomic E-state index is 12.8. The summed E-state index contributed by atoms with van der Waals surface area (Å²) in [7, 11) is -4.41. The number of allylic oxidation sites excluding steroid dienone is 32. The van der Waals surface area contributed by atoms with E-state index >= 15 is 0 Å².